The number of nitrogens with one attached hydrogen (secondary N) is 1. The molecule has 0 aromatic heterocycles. The van der Waals surface area contributed by atoms with Crippen LogP contribution in [-0.4, -0.2) is 95.9 Å². The van der Waals surface area contributed by atoms with Crippen LogP contribution in [0.1, 0.15) is 10.4 Å². The molecule has 2 rings (SSSR count). The fraction of sp³-hybridized carbons (Fsp3) is 0.579. The van der Waals surface area contributed by atoms with Gasteiger partial charge in [0.2, 0.25) is 11.7 Å². The first-order chi connectivity index (χ1) is 13.6. The lowest BCUT2D eigenvalue weighted by atomic mass is 10.1. The van der Waals surface area contributed by atoms with Crippen LogP contribution < -0.4 is 19.5 Å². The molecule has 28 heavy (non-hydrogen) atoms. The number of piperazine rings is 1. The summed E-state index contributed by atoms with van der Waals surface area (Å²) in [7, 11) is 6.13. The molecule has 1 heterocycles. The first-order valence-electron chi connectivity index (χ1n) is 9.13. The number of carbonyl (C=O) groups is 2. The van der Waals surface area contributed by atoms with Crippen molar-refractivity contribution in [1.82, 2.24) is 15.1 Å². The number of carbonyl (C=O) groups excluding carboxylic acids is 2. The molecular weight excluding hydrogens is 366 g/mol. The van der Waals surface area contributed by atoms with Gasteiger partial charge < -0.3 is 34.1 Å². The van der Waals surface area contributed by atoms with E-state index >= 15 is 0 Å². The minimum Gasteiger partial charge on any atom is -0.493 e. The largest absolute Gasteiger partial charge is 0.493 e. The van der Waals surface area contributed by atoms with Crippen molar-refractivity contribution < 1.29 is 28.5 Å². The number of hydrogen-bond donors (Lipinski definition) is 1. The lowest BCUT2D eigenvalue weighted by molar-refractivity contribution is -0.131. The Balaban J connectivity index is 1.99. The summed E-state index contributed by atoms with van der Waals surface area (Å²) in [5.74, 6) is 1.07. The standard InChI is InChI=1S/C19H29N3O6/c1-25-12-7-20-13-16(23)21-8-10-22(11-9-21)19(24)14-5-6-15(26-2)18(28-4)17(14)27-3/h5-6,20H,7-13H2,1-4H3. The molecule has 0 unspecified atom stereocenters. The summed E-state index contributed by atoms with van der Waals surface area (Å²) < 4.78 is 21.0. The lowest BCUT2D eigenvalue weighted by Gasteiger charge is -2.35. The summed E-state index contributed by atoms with van der Waals surface area (Å²) in [6.45, 7) is 3.35. The Morgan fingerprint density at radius 3 is 2.14 bits per heavy atom. The zero-order chi connectivity index (χ0) is 20.5. The number of benzene rings is 1. The van der Waals surface area contributed by atoms with Crippen molar-refractivity contribution in [3.63, 3.8) is 0 Å². The van der Waals surface area contributed by atoms with Crippen LogP contribution in [0.3, 0.4) is 0 Å². The Morgan fingerprint density at radius 1 is 0.929 bits per heavy atom. The fourth-order valence-electron chi connectivity index (χ4n) is 3.08. The molecule has 0 atom stereocenters. The van der Waals surface area contributed by atoms with E-state index in [0.717, 1.165) is 0 Å². The molecule has 0 aliphatic carbocycles. The molecule has 1 aliphatic rings. The lowest BCUT2D eigenvalue weighted by Crippen LogP contribution is -2.52. The molecular formula is C19H29N3O6. The minimum absolute atomic E-state index is 0.0203. The van der Waals surface area contributed by atoms with Crippen LogP contribution in [0.4, 0.5) is 0 Å². The summed E-state index contributed by atoms with van der Waals surface area (Å²) >= 11 is 0. The first-order valence-corrected chi connectivity index (χ1v) is 9.13. The third-order valence-corrected chi connectivity index (χ3v) is 4.61. The number of hydrogen-bond acceptors (Lipinski definition) is 7. The SMILES string of the molecule is COCCNCC(=O)N1CCN(C(=O)c2ccc(OC)c(OC)c2OC)CC1. The van der Waals surface area contributed by atoms with Gasteiger partial charge in [0.1, 0.15) is 0 Å². The minimum atomic E-state index is -0.164. The quantitative estimate of drug-likeness (QED) is 0.599. The first kappa shape index (κ1) is 21.8. The van der Waals surface area contributed by atoms with Gasteiger partial charge >= 0.3 is 0 Å². The van der Waals surface area contributed by atoms with Crippen LogP contribution in [0.2, 0.25) is 0 Å². The molecule has 1 aromatic rings. The molecule has 1 fully saturated rings. The van der Waals surface area contributed by atoms with Gasteiger partial charge in [-0.05, 0) is 12.1 Å². The van der Waals surface area contributed by atoms with Crippen LogP contribution in [-0.2, 0) is 9.53 Å². The molecule has 9 nitrogen and oxygen atoms in total. The maximum absolute atomic E-state index is 13.0. The van der Waals surface area contributed by atoms with Crippen LogP contribution in [0, 0.1) is 0 Å². The molecule has 0 radical (unpaired) electrons. The molecule has 1 aliphatic heterocycles. The van der Waals surface area contributed by atoms with E-state index in [-0.39, 0.29) is 18.4 Å². The Morgan fingerprint density at radius 2 is 1.57 bits per heavy atom. The molecule has 1 aromatic carbocycles. The van der Waals surface area contributed by atoms with Gasteiger partial charge in [0, 0.05) is 39.8 Å². The van der Waals surface area contributed by atoms with Crippen LogP contribution in [0.25, 0.3) is 0 Å². The third-order valence-electron chi connectivity index (χ3n) is 4.61. The van der Waals surface area contributed by atoms with Crippen molar-refractivity contribution in [2.45, 2.75) is 0 Å². The summed E-state index contributed by atoms with van der Waals surface area (Å²) in [4.78, 5) is 28.7. The normalized spacial score (nSPS) is 14.0. The van der Waals surface area contributed by atoms with Crippen LogP contribution >= 0.6 is 0 Å². The molecule has 0 spiro atoms. The van der Waals surface area contributed by atoms with E-state index in [1.165, 1.54) is 21.3 Å². The van der Waals surface area contributed by atoms with E-state index < -0.39 is 0 Å². The van der Waals surface area contributed by atoms with Crippen molar-refractivity contribution in [2.75, 3.05) is 74.3 Å². The number of amides is 2. The maximum Gasteiger partial charge on any atom is 0.257 e. The second kappa shape index (κ2) is 10.7. The number of rotatable bonds is 9. The third kappa shape index (κ3) is 5.05. The average molecular weight is 395 g/mol. The van der Waals surface area contributed by atoms with Crippen molar-refractivity contribution in [2.24, 2.45) is 0 Å². The topological polar surface area (TPSA) is 89.6 Å². The fourth-order valence-corrected chi connectivity index (χ4v) is 3.08. The van der Waals surface area contributed by atoms with Gasteiger partial charge in [-0.15, -0.1) is 0 Å². The summed E-state index contributed by atoms with van der Waals surface area (Å²) in [6, 6.07) is 3.35. The van der Waals surface area contributed by atoms with E-state index in [0.29, 0.717) is 62.1 Å². The molecule has 2 amide bonds. The number of nitrogens with zero attached hydrogens (tertiary/aromatic N) is 2. The van der Waals surface area contributed by atoms with Crippen LogP contribution in [0.15, 0.2) is 12.1 Å². The van der Waals surface area contributed by atoms with Crippen molar-refractivity contribution in [3.8, 4) is 17.2 Å². The van der Waals surface area contributed by atoms with Gasteiger partial charge in [-0.1, -0.05) is 0 Å². The van der Waals surface area contributed by atoms with Gasteiger partial charge in [0.05, 0.1) is 40.0 Å². The van der Waals surface area contributed by atoms with Crippen molar-refractivity contribution in [1.29, 1.82) is 0 Å². The highest BCUT2D eigenvalue weighted by molar-refractivity contribution is 5.98. The van der Waals surface area contributed by atoms with E-state index in [9.17, 15) is 9.59 Å². The van der Waals surface area contributed by atoms with E-state index in [2.05, 4.69) is 5.32 Å². The van der Waals surface area contributed by atoms with E-state index in [1.54, 1.807) is 29.0 Å². The second-order valence-corrected chi connectivity index (χ2v) is 6.22. The van der Waals surface area contributed by atoms with E-state index in [1.807, 2.05) is 0 Å². The number of ether oxygens (including phenoxy) is 4. The number of methoxy groups -OCH3 is 4. The van der Waals surface area contributed by atoms with Gasteiger partial charge in [-0.3, -0.25) is 9.59 Å². The highest BCUT2D eigenvalue weighted by atomic mass is 16.5. The average Bonchev–Trinajstić information content (AvgIpc) is 2.74. The Kier molecular flexibility index (Phi) is 8.34. The molecule has 0 saturated carbocycles. The molecule has 156 valence electrons. The Labute approximate surface area is 165 Å². The summed E-state index contributed by atoms with van der Waals surface area (Å²) in [5, 5.41) is 3.04. The smallest absolute Gasteiger partial charge is 0.257 e. The van der Waals surface area contributed by atoms with Gasteiger partial charge in [0.25, 0.3) is 5.91 Å². The molecule has 9 heteroatoms. The van der Waals surface area contributed by atoms with Crippen molar-refractivity contribution >= 4 is 11.8 Å². The Bertz CT molecular complexity index is 674. The summed E-state index contributed by atoms with van der Waals surface area (Å²) in [5.41, 5.74) is 0.404. The van der Waals surface area contributed by atoms with Gasteiger partial charge in [0.15, 0.2) is 11.5 Å². The summed E-state index contributed by atoms with van der Waals surface area (Å²) in [6.07, 6.45) is 0. The molecule has 1 N–H and O–H groups in total. The molecule has 1 saturated heterocycles. The van der Waals surface area contributed by atoms with Gasteiger partial charge in [-0.2, -0.15) is 0 Å². The van der Waals surface area contributed by atoms with Crippen molar-refractivity contribution in [3.05, 3.63) is 17.7 Å². The zero-order valence-corrected chi connectivity index (χ0v) is 16.9. The predicted octanol–water partition coefficient (Wildman–Crippen LogP) is 0.233. The second-order valence-electron chi connectivity index (χ2n) is 6.22. The highest BCUT2D eigenvalue weighted by Gasteiger charge is 2.28. The van der Waals surface area contributed by atoms with Crippen LogP contribution in [0.5, 0.6) is 17.2 Å². The Hall–Kier alpha value is -2.52. The van der Waals surface area contributed by atoms with E-state index in [4.69, 9.17) is 18.9 Å². The molecule has 0 bridgehead atoms. The monoisotopic (exact) mass is 395 g/mol. The zero-order valence-electron chi connectivity index (χ0n) is 16.9. The maximum atomic E-state index is 13.0. The van der Waals surface area contributed by atoms with Gasteiger partial charge in [-0.25, -0.2) is 0 Å². The predicted molar refractivity (Wildman–Crippen MR) is 103 cm³/mol. The highest BCUT2D eigenvalue weighted by Crippen LogP contribution is 2.40.